The van der Waals surface area contributed by atoms with Crippen molar-refractivity contribution in [3.63, 3.8) is 0 Å². The minimum absolute atomic E-state index is 0.401. The molecule has 3 rings (SSSR count). The van der Waals surface area contributed by atoms with E-state index in [1.165, 1.54) is 0 Å². The Morgan fingerprint density at radius 2 is 2.00 bits per heavy atom. The summed E-state index contributed by atoms with van der Waals surface area (Å²) in [6.45, 7) is 4.79. The van der Waals surface area contributed by atoms with E-state index in [1.54, 1.807) is 13.4 Å². The molecule has 0 N–H and O–H groups in total. The SMILES string of the molecule is COc1ccc(-c2c(C)ncnc2N2CC(F)C2)c(C)c1. The summed E-state index contributed by atoms with van der Waals surface area (Å²) in [5.41, 5.74) is 4.03. The van der Waals surface area contributed by atoms with Crippen molar-refractivity contribution in [3.8, 4) is 16.9 Å². The third-order valence-corrected chi connectivity index (χ3v) is 3.86. The smallest absolute Gasteiger partial charge is 0.140 e. The molecule has 0 radical (unpaired) electrons. The van der Waals surface area contributed by atoms with E-state index >= 15 is 0 Å². The Labute approximate surface area is 123 Å². The number of halogens is 1. The van der Waals surface area contributed by atoms with E-state index in [0.717, 1.165) is 34.0 Å². The molecule has 4 nitrogen and oxygen atoms in total. The Kier molecular flexibility index (Phi) is 3.49. The van der Waals surface area contributed by atoms with E-state index < -0.39 is 6.17 Å². The summed E-state index contributed by atoms with van der Waals surface area (Å²) in [5.74, 6) is 1.63. The van der Waals surface area contributed by atoms with E-state index in [0.29, 0.717) is 13.1 Å². The summed E-state index contributed by atoms with van der Waals surface area (Å²) in [6, 6.07) is 5.92. The molecule has 0 aliphatic carbocycles. The molecule has 21 heavy (non-hydrogen) atoms. The molecule has 0 bridgehead atoms. The van der Waals surface area contributed by atoms with Crippen LogP contribution >= 0.6 is 0 Å². The van der Waals surface area contributed by atoms with Gasteiger partial charge in [-0.2, -0.15) is 0 Å². The van der Waals surface area contributed by atoms with Crippen LogP contribution in [0.25, 0.3) is 11.1 Å². The van der Waals surface area contributed by atoms with Crippen molar-refractivity contribution >= 4 is 5.82 Å². The average Bonchev–Trinajstić information content (AvgIpc) is 2.44. The Hall–Kier alpha value is -2.17. The molecular weight excluding hydrogens is 269 g/mol. The Morgan fingerprint density at radius 1 is 1.24 bits per heavy atom. The van der Waals surface area contributed by atoms with Gasteiger partial charge in [-0.15, -0.1) is 0 Å². The molecule has 1 saturated heterocycles. The Bertz CT molecular complexity index is 669. The van der Waals surface area contributed by atoms with E-state index in [9.17, 15) is 4.39 Å². The number of aryl methyl sites for hydroxylation is 2. The van der Waals surface area contributed by atoms with Gasteiger partial charge < -0.3 is 9.64 Å². The van der Waals surface area contributed by atoms with Crippen LogP contribution in [-0.4, -0.2) is 36.3 Å². The number of anilines is 1. The van der Waals surface area contributed by atoms with Crippen molar-refractivity contribution in [3.05, 3.63) is 35.8 Å². The maximum atomic E-state index is 13.2. The summed E-state index contributed by atoms with van der Waals surface area (Å²) in [4.78, 5) is 10.6. The van der Waals surface area contributed by atoms with Crippen LogP contribution in [0.5, 0.6) is 5.75 Å². The summed E-state index contributed by atoms with van der Waals surface area (Å²) < 4.78 is 18.4. The quantitative estimate of drug-likeness (QED) is 0.870. The van der Waals surface area contributed by atoms with Crippen molar-refractivity contribution in [1.82, 2.24) is 9.97 Å². The molecule has 0 unspecified atom stereocenters. The first-order chi connectivity index (χ1) is 10.1. The van der Waals surface area contributed by atoms with E-state index in [-0.39, 0.29) is 0 Å². The van der Waals surface area contributed by atoms with E-state index in [4.69, 9.17) is 4.74 Å². The van der Waals surface area contributed by atoms with Crippen LogP contribution in [0.3, 0.4) is 0 Å². The van der Waals surface area contributed by atoms with Crippen LogP contribution in [0.2, 0.25) is 0 Å². The van der Waals surface area contributed by atoms with Crippen LogP contribution in [0, 0.1) is 13.8 Å². The number of hydrogen-bond acceptors (Lipinski definition) is 4. The van der Waals surface area contributed by atoms with Gasteiger partial charge in [0.1, 0.15) is 24.1 Å². The fourth-order valence-corrected chi connectivity index (χ4v) is 2.66. The minimum Gasteiger partial charge on any atom is -0.497 e. The number of nitrogens with zero attached hydrogens (tertiary/aromatic N) is 3. The molecule has 0 atom stereocenters. The number of benzene rings is 1. The highest BCUT2D eigenvalue weighted by atomic mass is 19.1. The zero-order valence-corrected chi connectivity index (χ0v) is 12.4. The highest BCUT2D eigenvalue weighted by molar-refractivity contribution is 5.80. The summed E-state index contributed by atoms with van der Waals surface area (Å²) in [6.07, 6.45) is 0.781. The molecule has 2 aromatic rings. The second kappa shape index (κ2) is 5.31. The predicted molar refractivity (Wildman–Crippen MR) is 80.6 cm³/mol. The summed E-state index contributed by atoms with van der Waals surface area (Å²) in [7, 11) is 1.65. The second-order valence-electron chi connectivity index (χ2n) is 5.34. The predicted octanol–water partition coefficient (Wildman–Crippen LogP) is 2.93. The second-order valence-corrected chi connectivity index (χ2v) is 5.34. The van der Waals surface area contributed by atoms with Gasteiger partial charge in [0.25, 0.3) is 0 Å². The van der Waals surface area contributed by atoms with Gasteiger partial charge in [0.2, 0.25) is 0 Å². The number of alkyl halides is 1. The zero-order valence-electron chi connectivity index (χ0n) is 12.4. The van der Waals surface area contributed by atoms with Gasteiger partial charge in [0.15, 0.2) is 0 Å². The third kappa shape index (κ3) is 2.44. The fraction of sp³-hybridized carbons (Fsp3) is 0.375. The van der Waals surface area contributed by atoms with Gasteiger partial charge >= 0.3 is 0 Å². The van der Waals surface area contributed by atoms with Crippen molar-refractivity contribution in [2.75, 3.05) is 25.1 Å². The fourth-order valence-electron chi connectivity index (χ4n) is 2.66. The van der Waals surface area contributed by atoms with Crippen molar-refractivity contribution < 1.29 is 9.13 Å². The number of rotatable bonds is 3. The molecule has 1 aliphatic heterocycles. The monoisotopic (exact) mass is 287 g/mol. The number of ether oxygens (including phenoxy) is 1. The molecule has 5 heteroatoms. The van der Waals surface area contributed by atoms with Crippen LogP contribution in [0.15, 0.2) is 24.5 Å². The largest absolute Gasteiger partial charge is 0.497 e. The van der Waals surface area contributed by atoms with Crippen LogP contribution in [0.1, 0.15) is 11.3 Å². The van der Waals surface area contributed by atoms with Gasteiger partial charge in [-0.1, -0.05) is 6.07 Å². The van der Waals surface area contributed by atoms with Gasteiger partial charge in [-0.25, -0.2) is 14.4 Å². The molecule has 1 aliphatic rings. The lowest BCUT2D eigenvalue weighted by Crippen LogP contribution is -2.49. The Balaban J connectivity index is 2.09. The molecule has 1 aromatic heterocycles. The molecule has 110 valence electrons. The first-order valence-corrected chi connectivity index (χ1v) is 6.95. The van der Waals surface area contributed by atoms with Crippen molar-refractivity contribution in [1.29, 1.82) is 0 Å². The maximum absolute atomic E-state index is 13.2. The minimum atomic E-state index is -0.759. The molecular formula is C16H18FN3O. The molecule has 1 aromatic carbocycles. The zero-order chi connectivity index (χ0) is 15.0. The van der Waals surface area contributed by atoms with E-state index in [2.05, 4.69) is 9.97 Å². The molecule has 0 spiro atoms. The van der Waals surface area contributed by atoms with Crippen molar-refractivity contribution in [2.45, 2.75) is 20.0 Å². The summed E-state index contributed by atoms with van der Waals surface area (Å²) >= 11 is 0. The number of aromatic nitrogens is 2. The molecule has 0 amide bonds. The first kappa shape index (κ1) is 13.8. The van der Waals surface area contributed by atoms with Crippen LogP contribution < -0.4 is 9.64 Å². The summed E-state index contributed by atoms with van der Waals surface area (Å²) in [5, 5.41) is 0. The maximum Gasteiger partial charge on any atom is 0.140 e. The van der Waals surface area contributed by atoms with Crippen LogP contribution in [-0.2, 0) is 0 Å². The lowest BCUT2D eigenvalue weighted by Gasteiger charge is -2.36. The van der Waals surface area contributed by atoms with Gasteiger partial charge in [-0.05, 0) is 37.1 Å². The Morgan fingerprint density at radius 3 is 2.62 bits per heavy atom. The lowest BCUT2D eigenvalue weighted by atomic mass is 9.98. The molecule has 0 saturated carbocycles. The average molecular weight is 287 g/mol. The standard InChI is InChI=1S/C16H18FN3O/c1-10-6-13(21-3)4-5-14(10)15-11(2)18-9-19-16(15)20-7-12(17)8-20/h4-6,9,12H,7-8H2,1-3H3. The normalized spacial score (nSPS) is 15.0. The highest BCUT2D eigenvalue weighted by Gasteiger charge is 2.30. The molecule has 2 heterocycles. The van der Waals surface area contributed by atoms with Gasteiger partial charge in [0, 0.05) is 5.56 Å². The van der Waals surface area contributed by atoms with Crippen LogP contribution in [0.4, 0.5) is 10.2 Å². The first-order valence-electron chi connectivity index (χ1n) is 6.95. The van der Waals surface area contributed by atoms with Gasteiger partial charge in [-0.3, -0.25) is 0 Å². The highest BCUT2D eigenvalue weighted by Crippen LogP contribution is 2.36. The lowest BCUT2D eigenvalue weighted by molar-refractivity contribution is 0.273. The molecule has 1 fully saturated rings. The van der Waals surface area contributed by atoms with Gasteiger partial charge in [0.05, 0.1) is 25.9 Å². The van der Waals surface area contributed by atoms with Crippen molar-refractivity contribution in [2.24, 2.45) is 0 Å². The topological polar surface area (TPSA) is 38.3 Å². The number of hydrogen-bond donors (Lipinski definition) is 0. The number of methoxy groups -OCH3 is 1. The third-order valence-electron chi connectivity index (χ3n) is 3.86. The van der Waals surface area contributed by atoms with E-state index in [1.807, 2.05) is 36.9 Å².